The summed E-state index contributed by atoms with van der Waals surface area (Å²) in [5, 5.41) is 14.8. The van der Waals surface area contributed by atoms with Crippen molar-refractivity contribution in [2.24, 2.45) is 4.99 Å². The molecule has 9 heteroatoms. The van der Waals surface area contributed by atoms with Gasteiger partial charge in [0.1, 0.15) is 24.5 Å². The van der Waals surface area contributed by atoms with E-state index in [2.05, 4.69) is 44.2 Å². The molecule has 0 unspecified atom stereocenters. The smallest absolute Gasteiger partial charge is 0.191 e. The average molecular weight is 530 g/mol. The summed E-state index contributed by atoms with van der Waals surface area (Å²) < 4.78 is 13.2. The van der Waals surface area contributed by atoms with Crippen LogP contribution in [0.2, 0.25) is 0 Å². The van der Waals surface area contributed by atoms with Gasteiger partial charge in [-0.05, 0) is 32.4 Å². The van der Waals surface area contributed by atoms with Crippen LogP contribution in [0, 0.1) is 6.92 Å². The van der Waals surface area contributed by atoms with E-state index in [1.807, 2.05) is 31.2 Å². The molecule has 0 saturated heterocycles. The Bertz CT molecular complexity index is 721. The summed E-state index contributed by atoms with van der Waals surface area (Å²) in [7, 11) is 0. The SMILES string of the molecule is CCOCCCN=C(NCCOc1ccc(C)cc1)NCCn1cnnc1CC.I. The fraction of sp³-hybridized carbons (Fsp3) is 0.571. The Morgan fingerprint density at radius 1 is 1.10 bits per heavy atom. The van der Waals surface area contributed by atoms with Crippen molar-refractivity contribution >= 4 is 29.9 Å². The maximum atomic E-state index is 5.78. The number of aromatic nitrogens is 3. The van der Waals surface area contributed by atoms with Gasteiger partial charge in [-0.1, -0.05) is 24.6 Å². The summed E-state index contributed by atoms with van der Waals surface area (Å²) in [6, 6.07) is 8.07. The Balaban J connectivity index is 0.00000450. The first kappa shape index (κ1) is 26.2. The summed E-state index contributed by atoms with van der Waals surface area (Å²) >= 11 is 0. The van der Waals surface area contributed by atoms with Gasteiger partial charge in [0, 0.05) is 39.3 Å². The first-order valence-electron chi connectivity index (χ1n) is 10.4. The Morgan fingerprint density at radius 2 is 1.87 bits per heavy atom. The van der Waals surface area contributed by atoms with Crippen molar-refractivity contribution in [3.8, 4) is 5.75 Å². The molecule has 0 aliphatic carbocycles. The number of aliphatic imine (C=N–C) groups is 1. The molecular weight excluding hydrogens is 495 g/mol. The highest BCUT2D eigenvalue weighted by atomic mass is 127. The van der Waals surface area contributed by atoms with Gasteiger partial charge in [0.05, 0.1) is 6.54 Å². The predicted octanol–water partition coefficient (Wildman–Crippen LogP) is 2.81. The molecule has 0 aliphatic rings. The first-order chi connectivity index (χ1) is 14.2. The fourth-order valence-electron chi connectivity index (χ4n) is 2.68. The third-order valence-corrected chi connectivity index (χ3v) is 4.26. The minimum atomic E-state index is 0. The maximum Gasteiger partial charge on any atom is 0.191 e. The molecule has 0 spiro atoms. The van der Waals surface area contributed by atoms with Crippen LogP contribution in [0.4, 0.5) is 0 Å². The Labute approximate surface area is 196 Å². The number of nitrogens with one attached hydrogen (secondary N) is 2. The summed E-state index contributed by atoms with van der Waals surface area (Å²) in [6.45, 7) is 11.1. The van der Waals surface area contributed by atoms with Gasteiger partial charge in [-0.3, -0.25) is 4.99 Å². The van der Waals surface area contributed by atoms with Gasteiger partial charge in [0.25, 0.3) is 0 Å². The van der Waals surface area contributed by atoms with Gasteiger partial charge in [-0.25, -0.2) is 0 Å². The van der Waals surface area contributed by atoms with Crippen LogP contribution in [0.25, 0.3) is 0 Å². The van der Waals surface area contributed by atoms with E-state index in [0.717, 1.165) is 56.7 Å². The Kier molecular flexibility index (Phi) is 13.9. The lowest BCUT2D eigenvalue weighted by molar-refractivity contribution is 0.146. The lowest BCUT2D eigenvalue weighted by atomic mass is 10.2. The molecule has 2 N–H and O–H groups in total. The Hall–Kier alpha value is -1.88. The van der Waals surface area contributed by atoms with Crippen molar-refractivity contribution in [3.05, 3.63) is 42.0 Å². The summed E-state index contributed by atoms with van der Waals surface area (Å²) in [5.41, 5.74) is 1.22. The van der Waals surface area contributed by atoms with Crippen LogP contribution in [-0.2, 0) is 17.7 Å². The van der Waals surface area contributed by atoms with Gasteiger partial charge >= 0.3 is 0 Å². The van der Waals surface area contributed by atoms with E-state index in [-0.39, 0.29) is 24.0 Å². The Morgan fingerprint density at radius 3 is 2.60 bits per heavy atom. The minimum Gasteiger partial charge on any atom is -0.492 e. The second-order valence-electron chi connectivity index (χ2n) is 6.59. The molecule has 1 aromatic heterocycles. The topological polar surface area (TPSA) is 85.6 Å². The largest absolute Gasteiger partial charge is 0.492 e. The quantitative estimate of drug-likeness (QED) is 0.179. The van der Waals surface area contributed by atoms with E-state index in [9.17, 15) is 0 Å². The fourth-order valence-corrected chi connectivity index (χ4v) is 2.68. The van der Waals surface area contributed by atoms with Crippen molar-refractivity contribution < 1.29 is 9.47 Å². The number of benzene rings is 1. The molecule has 2 rings (SSSR count). The van der Waals surface area contributed by atoms with Gasteiger partial charge in [-0.2, -0.15) is 0 Å². The summed E-state index contributed by atoms with van der Waals surface area (Å²) in [4.78, 5) is 4.63. The molecule has 8 nitrogen and oxygen atoms in total. The van der Waals surface area contributed by atoms with Gasteiger partial charge in [0.2, 0.25) is 0 Å². The number of ether oxygens (including phenoxy) is 2. The van der Waals surface area contributed by atoms with Crippen LogP contribution in [0.1, 0.15) is 31.7 Å². The number of hydrogen-bond donors (Lipinski definition) is 2. The average Bonchev–Trinajstić information content (AvgIpc) is 3.19. The first-order valence-corrected chi connectivity index (χ1v) is 10.4. The number of hydrogen-bond acceptors (Lipinski definition) is 5. The molecule has 0 fully saturated rings. The minimum absolute atomic E-state index is 0. The second kappa shape index (κ2) is 15.9. The van der Waals surface area contributed by atoms with Crippen LogP contribution in [0.15, 0.2) is 35.6 Å². The lowest BCUT2D eigenvalue weighted by Crippen LogP contribution is -2.41. The highest BCUT2D eigenvalue weighted by molar-refractivity contribution is 14.0. The van der Waals surface area contributed by atoms with Gasteiger partial charge < -0.3 is 24.7 Å². The van der Waals surface area contributed by atoms with Crippen LogP contribution >= 0.6 is 24.0 Å². The maximum absolute atomic E-state index is 5.78. The lowest BCUT2D eigenvalue weighted by Gasteiger charge is -2.14. The normalized spacial score (nSPS) is 11.1. The molecule has 0 bridgehead atoms. The molecule has 0 aliphatic heterocycles. The van der Waals surface area contributed by atoms with Crippen molar-refractivity contribution in [2.45, 2.75) is 40.2 Å². The third kappa shape index (κ3) is 10.2. The molecule has 1 aromatic carbocycles. The zero-order valence-electron chi connectivity index (χ0n) is 18.3. The van der Waals surface area contributed by atoms with Crippen molar-refractivity contribution in [2.75, 3.05) is 39.5 Å². The van der Waals surface area contributed by atoms with E-state index in [1.165, 1.54) is 5.56 Å². The molecule has 0 saturated carbocycles. The molecule has 168 valence electrons. The van der Waals surface area contributed by atoms with Gasteiger partial charge in [0.15, 0.2) is 5.96 Å². The van der Waals surface area contributed by atoms with E-state index < -0.39 is 0 Å². The highest BCUT2D eigenvalue weighted by Crippen LogP contribution is 2.10. The van der Waals surface area contributed by atoms with Gasteiger partial charge in [-0.15, -0.1) is 34.2 Å². The zero-order chi connectivity index (χ0) is 20.7. The monoisotopic (exact) mass is 530 g/mol. The van der Waals surface area contributed by atoms with E-state index >= 15 is 0 Å². The number of rotatable bonds is 13. The zero-order valence-corrected chi connectivity index (χ0v) is 20.6. The highest BCUT2D eigenvalue weighted by Gasteiger charge is 2.03. The third-order valence-electron chi connectivity index (χ3n) is 4.26. The van der Waals surface area contributed by atoms with Crippen LogP contribution in [0.3, 0.4) is 0 Å². The van der Waals surface area contributed by atoms with E-state index in [1.54, 1.807) is 6.33 Å². The van der Waals surface area contributed by atoms with Crippen molar-refractivity contribution in [1.82, 2.24) is 25.4 Å². The molecule has 1 heterocycles. The number of aryl methyl sites for hydroxylation is 2. The van der Waals surface area contributed by atoms with E-state index in [4.69, 9.17) is 9.47 Å². The molecule has 0 atom stereocenters. The van der Waals surface area contributed by atoms with Crippen LogP contribution < -0.4 is 15.4 Å². The van der Waals surface area contributed by atoms with Crippen molar-refractivity contribution in [1.29, 1.82) is 0 Å². The second-order valence-corrected chi connectivity index (χ2v) is 6.59. The molecule has 30 heavy (non-hydrogen) atoms. The number of guanidine groups is 1. The molecule has 0 amide bonds. The summed E-state index contributed by atoms with van der Waals surface area (Å²) in [6.07, 6.45) is 3.53. The molecule has 0 radical (unpaired) electrons. The standard InChI is InChI=1S/C21H34N6O2.HI/c1-4-20-26-25-17-27(20)14-12-23-21(22-11-6-15-28-5-2)24-13-16-29-19-9-7-18(3)8-10-19;/h7-10,17H,4-6,11-16H2,1-3H3,(H2,22,23,24);1H. The van der Waals surface area contributed by atoms with E-state index in [0.29, 0.717) is 19.7 Å². The number of nitrogens with zero attached hydrogens (tertiary/aromatic N) is 4. The van der Waals surface area contributed by atoms with Crippen molar-refractivity contribution in [3.63, 3.8) is 0 Å². The summed E-state index contributed by atoms with van der Waals surface area (Å²) in [5.74, 6) is 2.64. The molecule has 2 aromatic rings. The van der Waals surface area contributed by atoms with Crippen LogP contribution in [-0.4, -0.2) is 60.2 Å². The number of halogens is 1. The van der Waals surface area contributed by atoms with Crippen LogP contribution in [0.5, 0.6) is 5.75 Å². The predicted molar refractivity (Wildman–Crippen MR) is 131 cm³/mol. The molecular formula is C21H35IN6O2.